The van der Waals surface area contributed by atoms with Gasteiger partial charge in [-0.25, -0.2) is 0 Å². The molecule has 1 aliphatic carbocycles. The summed E-state index contributed by atoms with van der Waals surface area (Å²) in [6, 6.07) is 9.08. The summed E-state index contributed by atoms with van der Waals surface area (Å²) in [6.07, 6.45) is 7.92. The highest BCUT2D eigenvalue weighted by Crippen LogP contribution is 2.44. The van der Waals surface area contributed by atoms with Crippen molar-refractivity contribution in [2.75, 3.05) is 4.90 Å². The van der Waals surface area contributed by atoms with E-state index in [2.05, 4.69) is 16.3 Å². The van der Waals surface area contributed by atoms with Gasteiger partial charge in [-0.15, -0.1) is 0 Å². The van der Waals surface area contributed by atoms with Gasteiger partial charge in [-0.2, -0.15) is 0 Å². The number of piperidine rings is 1. The van der Waals surface area contributed by atoms with Gasteiger partial charge in [-0.05, 0) is 43.9 Å². The third-order valence-corrected chi connectivity index (χ3v) is 5.81. The zero-order valence-electron chi connectivity index (χ0n) is 13.2. The maximum absolute atomic E-state index is 12.7. The Morgan fingerprint density at radius 1 is 1.12 bits per heavy atom. The Morgan fingerprint density at radius 2 is 1.88 bits per heavy atom. The quantitative estimate of drug-likeness (QED) is 0.851. The van der Waals surface area contributed by atoms with Crippen LogP contribution in [0.1, 0.15) is 25.7 Å². The van der Waals surface area contributed by atoms with E-state index in [0.29, 0.717) is 28.9 Å². The Labute approximate surface area is 146 Å². The first-order valence-corrected chi connectivity index (χ1v) is 9.01. The third kappa shape index (κ3) is 2.20. The number of benzene rings is 1. The van der Waals surface area contributed by atoms with Crippen LogP contribution in [0, 0.1) is 0 Å². The van der Waals surface area contributed by atoms with Crippen molar-refractivity contribution in [3.8, 4) is 5.75 Å². The Balaban J connectivity index is 1.60. The molecule has 4 aliphatic rings. The van der Waals surface area contributed by atoms with Gasteiger partial charge in [0.2, 0.25) is 0 Å². The maximum atomic E-state index is 12.7. The van der Waals surface area contributed by atoms with Crippen LogP contribution in [0.5, 0.6) is 5.75 Å². The molecule has 3 atom stereocenters. The molecule has 0 amide bonds. The lowest BCUT2D eigenvalue weighted by Crippen LogP contribution is -2.56. The highest BCUT2D eigenvalue weighted by atomic mass is 35.5. The minimum atomic E-state index is -0.384. The van der Waals surface area contributed by atoms with E-state index < -0.39 is 0 Å². The largest absolute Gasteiger partial charge is 0.457 e. The fourth-order valence-corrected chi connectivity index (χ4v) is 4.87. The van der Waals surface area contributed by atoms with Crippen molar-refractivity contribution in [3.63, 3.8) is 0 Å². The average molecular weight is 343 g/mol. The number of allylic oxidation sites excluding steroid dienone is 2. The number of carbonyl (C=O) groups is 1. The van der Waals surface area contributed by atoms with Gasteiger partial charge in [0.1, 0.15) is 11.5 Å². The molecule has 124 valence electrons. The molecule has 1 N–H and O–H groups in total. The number of hydrogen-bond acceptors (Lipinski definition) is 4. The number of ketones is 1. The molecule has 0 spiro atoms. The highest BCUT2D eigenvalue weighted by molar-refractivity contribution is 6.33. The molecular weight excluding hydrogens is 324 g/mol. The second-order valence-electron chi connectivity index (χ2n) is 7.12. The molecule has 0 aromatic heterocycles. The van der Waals surface area contributed by atoms with Crippen molar-refractivity contribution in [1.82, 2.24) is 5.32 Å². The Kier molecular flexibility index (Phi) is 3.25. The van der Waals surface area contributed by atoms with Gasteiger partial charge >= 0.3 is 0 Å². The number of fused-ring (bicyclic) bond motifs is 4. The van der Waals surface area contributed by atoms with E-state index in [9.17, 15) is 4.79 Å². The summed E-state index contributed by atoms with van der Waals surface area (Å²) in [5.41, 5.74) is 1.02. The zero-order valence-corrected chi connectivity index (χ0v) is 14.0. The Bertz CT molecular complexity index is 760. The molecule has 2 saturated heterocycles. The zero-order chi connectivity index (χ0) is 16.3. The van der Waals surface area contributed by atoms with E-state index in [-0.39, 0.29) is 11.8 Å². The van der Waals surface area contributed by atoms with E-state index in [1.165, 1.54) is 18.9 Å². The molecule has 2 fully saturated rings. The van der Waals surface area contributed by atoms with Crippen LogP contribution < -0.4 is 15.0 Å². The maximum Gasteiger partial charge on any atom is 0.187 e. The van der Waals surface area contributed by atoms with Crippen molar-refractivity contribution in [1.29, 1.82) is 0 Å². The molecule has 0 radical (unpaired) electrons. The van der Waals surface area contributed by atoms with Gasteiger partial charge in [0.15, 0.2) is 11.8 Å². The predicted molar refractivity (Wildman–Crippen MR) is 93.3 cm³/mol. The van der Waals surface area contributed by atoms with E-state index >= 15 is 0 Å². The number of halogens is 1. The van der Waals surface area contributed by atoms with Crippen LogP contribution in [0.2, 0.25) is 0 Å². The molecule has 3 heterocycles. The number of para-hydroxylation sites is 2. The van der Waals surface area contributed by atoms with E-state index in [4.69, 9.17) is 16.3 Å². The second kappa shape index (κ2) is 5.36. The van der Waals surface area contributed by atoms with Gasteiger partial charge in [0.05, 0.1) is 5.69 Å². The molecule has 2 bridgehead atoms. The molecule has 5 rings (SSSR count). The minimum absolute atomic E-state index is 0.0119. The first kappa shape index (κ1) is 14.6. The molecule has 5 heteroatoms. The molecule has 3 unspecified atom stereocenters. The normalized spacial score (nSPS) is 34.0. The van der Waals surface area contributed by atoms with Gasteiger partial charge < -0.3 is 15.0 Å². The van der Waals surface area contributed by atoms with Gasteiger partial charge in [0, 0.05) is 29.2 Å². The number of nitrogens with one attached hydrogen (secondary N) is 1. The fraction of sp³-hybridized carbons (Fsp3) is 0.421. The van der Waals surface area contributed by atoms with Crippen molar-refractivity contribution < 1.29 is 9.53 Å². The summed E-state index contributed by atoms with van der Waals surface area (Å²) in [6.45, 7) is 0. The van der Waals surface area contributed by atoms with Crippen molar-refractivity contribution in [3.05, 3.63) is 47.2 Å². The van der Waals surface area contributed by atoms with E-state index in [1.54, 1.807) is 6.08 Å². The fourth-order valence-electron chi connectivity index (χ4n) is 4.66. The Hall–Kier alpha value is -1.78. The number of ether oxygens (including phenoxy) is 1. The monoisotopic (exact) mass is 342 g/mol. The SMILES string of the molecule is O=C1C=C(Cl)C=C2Oc3ccccc3N(C3CC4CCC(C3)N4)C12. The minimum Gasteiger partial charge on any atom is -0.457 e. The molecule has 0 saturated carbocycles. The summed E-state index contributed by atoms with van der Waals surface area (Å²) in [5.74, 6) is 1.47. The standard InChI is InChI=1S/C19H19ClN2O2/c20-11-7-16(23)19-18(8-11)24-17-4-2-1-3-15(17)22(19)14-9-12-5-6-13(10-14)21-12/h1-4,7-8,12-14,19,21H,5-6,9-10H2. The van der Waals surface area contributed by atoms with Crippen molar-refractivity contribution in [2.45, 2.75) is 49.9 Å². The summed E-state index contributed by atoms with van der Waals surface area (Å²) < 4.78 is 6.02. The lowest BCUT2D eigenvalue weighted by atomic mass is 9.91. The topological polar surface area (TPSA) is 41.6 Å². The number of nitrogens with zero attached hydrogens (tertiary/aromatic N) is 1. The van der Waals surface area contributed by atoms with Gasteiger partial charge in [-0.3, -0.25) is 4.79 Å². The van der Waals surface area contributed by atoms with Gasteiger partial charge in [-0.1, -0.05) is 23.7 Å². The molecular formula is C19H19ClN2O2. The predicted octanol–water partition coefficient (Wildman–Crippen LogP) is 3.13. The van der Waals surface area contributed by atoms with Crippen LogP contribution in [-0.4, -0.2) is 30.0 Å². The molecule has 1 aromatic carbocycles. The summed E-state index contributed by atoms with van der Waals surface area (Å²) >= 11 is 6.10. The second-order valence-corrected chi connectivity index (χ2v) is 7.56. The van der Waals surface area contributed by atoms with Crippen molar-refractivity contribution >= 4 is 23.1 Å². The van der Waals surface area contributed by atoms with Crippen LogP contribution in [-0.2, 0) is 4.79 Å². The third-order valence-electron chi connectivity index (χ3n) is 5.59. The first-order valence-electron chi connectivity index (χ1n) is 8.63. The summed E-state index contributed by atoms with van der Waals surface area (Å²) in [4.78, 5) is 15.0. The smallest absolute Gasteiger partial charge is 0.187 e. The lowest BCUT2D eigenvalue weighted by molar-refractivity contribution is -0.116. The van der Waals surface area contributed by atoms with Crippen LogP contribution in [0.3, 0.4) is 0 Å². The molecule has 4 nitrogen and oxygen atoms in total. The lowest BCUT2D eigenvalue weighted by Gasteiger charge is -2.46. The summed E-state index contributed by atoms with van der Waals surface area (Å²) in [7, 11) is 0. The molecule has 24 heavy (non-hydrogen) atoms. The van der Waals surface area contributed by atoms with Crippen LogP contribution in [0.25, 0.3) is 0 Å². The average Bonchev–Trinajstić information content (AvgIpc) is 2.90. The molecule has 3 aliphatic heterocycles. The van der Waals surface area contributed by atoms with Crippen LogP contribution >= 0.6 is 11.6 Å². The highest BCUT2D eigenvalue weighted by Gasteiger charge is 2.45. The number of anilines is 1. The first-order chi connectivity index (χ1) is 11.7. The number of rotatable bonds is 1. The van der Waals surface area contributed by atoms with E-state index in [0.717, 1.165) is 24.3 Å². The Morgan fingerprint density at radius 3 is 2.67 bits per heavy atom. The molecule has 1 aromatic rings. The van der Waals surface area contributed by atoms with Gasteiger partial charge in [0.25, 0.3) is 0 Å². The summed E-state index contributed by atoms with van der Waals surface area (Å²) in [5, 5.41) is 4.12. The van der Waals surface area contributed by atoms with Crippen molar-refractivity contribution in [2.24, 2.45) is 0 Å². The number of carbonyl (C=O) groups excluding carboxylic acids is 1. The van der Waals surface area contributed by atoms with E-state index in [1.807, 2.05) is 18.2 Å². The van der Waals surface area contributed by atoms with Crippen LogP contribution in [0.4, 0.5) is 5.69 Å². The number of hydrogen-bond donors (Lipinski definition) is 1. The van der Waals surface area contributed by atoms with Crippen LogP contribution in [0.15, 0.2) is 47.2 Å².